The van der Waals surface area contributed by atoms with Gasteiger partial charge in [0.25, 0.3) is 0 Å². The molecule has 74 valence electrons. The van der Waals surface area contributed by atoms with Crippen LogP contribution >= 0.6 is 0 Å². The molecule has 0 spiro atoms. The van der Waals surface area contributed by atoms with E-state index < -0.39 is 0 Å². The third kappa shape index (κ3) is 1.54. The molecule has 0 radical (unpaired) electrons. The lowest BCUT2D eigenvalue weighted by molar-refractivity contribution is 0.551. The molecule has 1 aliphatic heterocycles. The van der Waals surface area contributed by atoms with Crippen molar-refractivity contribution in [2.24, 2.45) is 0 Å². The van der Waals surface area contributed by atoms with E-state index in [9.17, 15) is 0 Å². The van der Waals surface area contributed by atoms with Crippen LogP contribution in [0.3, 0.4) is 0 Å². The van der Waals surface area contributed by atoms with E-state index >= 15 is 0 Å². The van der Waals surface area contributed by atoms with E-state index in [4.69, 9.17) is 0 Å². The maximum absolute atomic E-state index is 2.34. The van der Waals surface area contributed by atoms with Crippen LogP contribution in [0.15, 0.2) is 36.5 Å². The zero-order chi connectivity index (χ0) is 10.2. The summed E-state index contributed by atoms with van der Waals surface area (Å²) >= 11 is 0. The van der Waals surface area contributed by atoms with Crippen LogP contribution < -0.4 is 4.90 Å². The molecule has 14 heavy (non-hydrogen) atoms. The van der Waals surface area contributed by atoms with Gasteiger partial charge in [0.2, 0.25) is 0 Å². The number of allylic oxidation sites excluding steroid dienone is 1. The molecule has 0 atom stereocenters. The maximum atomic E-state index is 2.34. The second-order valence-corrected chi connectivity index (χ2v) is 4.76. The summed E-state index contributed by atoms with van der Waals surface area (Å²) in [6.45, 7) is 6.71. The summed E-state index contributed by atoms with van der Waals surface area (Å²) in [6, 6.07) is 8.62. The molecule has 0 fully saturated rings. The lowest BCUT2D eigenvalue weighted by Crippen LogP contribution is -2.38. The molecule has 0 aromatic heterocycles. The number of para-hydroxylation sites is 1. The Labute approximate surface area is 86.1 Å². The number of nitrogens with zero attached hydrogens (tertiary/aromatic N) is 1. The number of rotatable bonds is 0. The zero-order valence-corrected chi connectivity index (χ0v) is 9.12. The van der Waals surface area contributed by atoms with E-state index in [1.54, 1.807) is 0 Å². The Morgan fingerprint density at radius 3 is 2.57 bits per heavy atom. The van der Waals surface area contributed by atoms with E-state index in [0.29, 0.717) is 0 Å². The van der Waals surface area contributed by atoms with Crippen LogP contribution in [-0.4, -0.2) is 5.54 Å². The molecule has 1 heteroatoms. The zero-order valence-electron chi connectivity index (χ0n) is 9.12. The molecule has 0 amide bonds. The minimum absolute atomic E-state index is 0.160. The molecule has 2 rings (SSSR count). The number of benzene rings is 1. The van der Waals surface area contributed by atoms with Gasteiger partial charge in [0.1, 0.15) is 0 Å². The van der Waals surface area contributed by atoms with Crippen molar-refractivity contribution in [3.8, 4) is 0 Å². The Morgan fingerprint density at radius 1 is 1.14 bits per heavy atom. The molecule has 1 aromatic rings. The van der Waals surface area contributed by atoms with E-state index in [2.05, 4.69) is 62.2 Å². The van der Waals surface area contributed by atoms with Crippen LogP contribution in [0, 0.1) is 0 Å². The summed E-state index contributed by atoms with van der Waals surface area (Å²) < 4.78 is 0. The number of fused-ring (bicyclic) bond motifs is 1. The lowest BCUT2D eigenvalue weighted by atomic mass is 9.99. The summed E-state index contributed by atoms with van der Waals surface area (Å²) in [7, 11) is 0. The highest BCUT2D eigenvalue weighted by Crippen LogP contribution is 2.31. The fraction of sp³-hybridized carbons (Fsp3) is 0.385. The second-order valence-electron chi connectivity index (χ2n) is 4.76. The molecule has 0 N–H and O–H groups in total. The average Bonchev–Trinajstić information content (AvgIpc) is 2.15. The van der Waals surface area contributed by atoms with Gasteiger partial charge in [-0.1, -0.05) is 24.3 Å². The van der Waals surface area contributed by atoms with E-state index in [1.165, 1.54) is 11.3 Å². The van der Waals surface area contributed by atoms with Gasteiger partial charge in [-0.15, -0.1) is 0 Å². The van der Waals surface area contributed by atoms with Crippen molar-refractivity contribution in [1.29, 1.82) is 0 Å². The van der Waals surface area contributed by atoms with Crippen molar-refractivity contribution in [2.45, 2.75) is 32.7 Å². The first-order valence-electron chi connectivity index (χ1n) is 5.13. The van der Waals surface area contributed by atoms with Crippen LogP contribution in [0.25, 0.3) is 0 Å². The van der Waals surface area contributed by atoms with Gasteiger partial charge in [0.15, 0.2) is 0 Å². The fourth-order valence-corrected chi connectivity index (χ4v) is 1.87. The molecule has 1 nitrogen and oxygen atoms in total. The monoisotopic (exact) mass is 187 g/mol. The number of anilines is 1. The van der Waals surface area contributed by atoms with Crippen LogP contribution in [-0.2, 0) is 6.42 Å². The van der Waals surface area contributed by atoms with Crippen LogP contribution in [0.2, 0.25) is 0 Å². The Bertz CT molecular complexity index is 358. The molecular formula is C13H17N. The molecular weight excluding hydrogens is 170 g/mol. The lowest BCUT2D eigenvalue weighted by Gasteiger charge is -2.38. The van der Waals surface area contributed by atoms with Crippen molar-refractivity contribution in [3.63, 3.8) is 0 Å². The predicted molar refractivity (Wildman–Crippen MR) is 61.5 cm³/mol. The first-order chi connectivity index (χ1) is 6.59. The molecule has 1 aromatic carbocycles. The Morgan fingerprint density at radius 2 is 1.86 bits per heavy atom. The van der Waals surface area contributed by atoms with Gasteiger partial charge < -0.3 is 4.90 Å². The largest absolute Gasteiger partial charge is 0.343 e. The van der Waals surface area contributed by atoms with E-state index in [1.807, 2.05) is 0 Å². The molecule has 0 saturated heterocycles. The van der Waals surface area contributed by atoms with Crippen LogP contribution in [0.5, 0.6) is 0 Å². The van der Waals surface area contributed by atoms with E-state index in [-0.39, 0.29) is 5.54 Å². The average molecular weight is 187 g/mol. The molecule has 1 heterocycles. The normalized spacial score (nSPS) is 15.5. The molecule has 1 aliphatic rings. The topological polar surface area (TPSA) is 3.24 Å². The van der Waals surface area contributed by atoms with Gasteiger partial charge in [0.05, 0.1) is 0 Å². The first-order valence-corrected chi connectivity index (χ1v) is 5.13. The smallest absolute Gasteiger partial charge is 0.0446 e. The minimum Gasteiger partial charge on any atom is -0.343 e. The molecule has 0 unspecified atom stereocenters. The summed E-state index contributed by atoms with van der Waals surface area (Å²) in [5.74, 6) is 0. The van der Waals surface area contributed by atoms with Crippen LogP contribution in [0.1, 0.15) is 26.3 Å². The van der Waals surface area contributed by atoms with Gasteiger partial charge in [-0.05, 0) is 38.8 Å². The number of hydrogen-bond acceptors (Lipinski definition) is 1. The molecule has 0 saturated carbocycles. The van der Waals surface area contributed by atoms with Gasteiger partial charge in [0, 0.05) is 17.4 Å². The highest BCUT2D eigenvalue weighted by atomic mass is 15.2. The second kappa shape index (κ2) is 3.16. The Balaban J connectivity index is 2.46. The van der Waals surface area contributed by atoms with Gasteiger partial charge in [-0.2, -0.15) is 0 Å². The van der Waals surface area contributed by atoms with Crippen LogP contribution in [0.4, 0.5) is 5.69 Å². The fourth-order valence-electron chi connectivity index (χ4n) is 1.87. The van der Waals surface area contributed by atoms with Gasteiger partial charge in [-0.25, -0.2) is 0 Å². The summed E-state index contributed by atoms with van der Waals surface area (Å²) in [5, 5.41) is 0. The maximum Gasteiger partial charge on any atom is 0.0446 e. The van der Waals surface area contributed by atoms with Crippen molar-refractivity contribution >= 4 is 5.69 Å². The summed E-state index contributed by atoms with van der Waals surface area (Å²) in [5.41, 5.74) is 2.93. The number of hydrogen-bond donors (Lipinski definition) is 0. The highest BCUT2D eigenvalue weighted by molar-refractivity contribution is 5.60. The van der Waals surface area contributed by atoms with Gasteiger partial charge >= 0.3 is 0 Å². The third-order valence-electron chi connectivity index (χ3n) is 2.57. The van der Waals surface area contributed by atoms with Crippen molar-refractivity contribution in [1.82, 2.24) is 0 Å². The van der Waals surface area contributed by atoms with Crippen molar-refractivity contribution in [3.05, 3.63) is 42.1 Å². The standard InChI is InChI=1S/C13H17N/c1-13(2,3)14-10-6-8-11-7-4-5-9-12(11)14/h4-7,9-10H,8H2,1-3H3. The Hall–Kier alpha value is -1.24. The minimum atomic E-state index is 0.160. The van der Waals surface area contributed by atoms with Crippen molar-refractivity contribution < 1.29 is 0 Å². The molecule has 0 aliphatic carbocycles. The first kappa shape index (κ1) is 9.32. The Kier molecular flexibility index (Phi) is 2.10. The van der Waals surface area contributed by atoms with Crippen molar-refractivity contribution in [2.75, 3.05) is 4.90 Å². The van der Waals surface area contributed by atoms with E-state index in [0.717, 1.165) is 6.42 Å². The quantitative estimate of drug-likeness (QED) is 0.602. The van der Waals surface area contributed by atoms with Gasteiger partial charge in [-0.3, -0.25) is 0 Å². The summed E-state index contributed by atoms with van der Waals surface area (Å²) in [4.78, 5) is 2.34. The highest BCUT2D eigenvalue weighted by Gasteiger charge is 2.22. The summed E-state index contributed by atoms with van der Waals surface area (Å²) in [6.07, 6.45) is 5.48. The predicted octanol–water partition coefficient (Wildman–Crippen LogP) is 3.36. The molecule has 0 bridgehead atoms. The third-order valence-corrected chi connectivity index (χ3v) is 2.57. The SMILES string of the molecule is CC(C)(C)N1C=CCc2ccccc21.